The molecule has 35 heavy (non-hydrogen) atoms. The van der Waals surface area contributed by atoms with Gasteiger partial charge in [-0.1, -0.05) is 23.7 Å². The number of halogens is 5. The van der Waals surface area contributed by atoms with E-state index in [1.54, 1.807) is 11.0 Å². The van der Waals surface area contributed by atoms with Crippen LogP contribution in [0.5, 0.6) is 0 Å². The van der Waals surface area contributed by atoms with Crippen LogP contribution in [0.1, 0.15) is 30.4 Å². The number of rotatable bonds is 4. The minimum absolute atomic E-state index is 0.00418. The summed E-state index contributed by atoms with van der Waals surface area (Å²) in [5.74, 6) is 0.0416. The van der Waals surface area contributed by atoms with Gasteiger partial charge in [0.1, 0.15) is 0 Å². The molecule has 4 aliphatic rings. The molecule has 2 atom stereocenters. The van der Waals surface area contributed by atoms with Crippen molar-refractivity contribution < 1.29 is 22.4 Å². The van der Waals surface area contributed by atoms with E-state index in [1.165, 1.54) is 6.07 Å². The minimum Gasteiger partial charge on any atom is -0.338 e. The van der Waals surface area contributed by atoms with Gasteiger partial charge in [0, 0.05) is 38.3 Å². The summed E-state index contributed by atoms with van der Waals surface area (Å²) in [4.78, 5) is 27.2. The maximum absolute atomic E-state index is 13.2. The van der Waals surface area contributed by atoms with Crippen molar-refractivity contribution in [2.24, 2.45) is 0 Å². The van der Waals surface area contributed by atoms with Crippen LogP contribution in [0.2, 0.25) is 5.02 Å². The van der Waals surface area contributed by atoms with E-state index in [9.17, 15) is 22.4 Å². The number of anilines is 1. The Balaban J connectivity index is 1.20. The number of carbonyl (C=O) groups is 1. The van der Waals surface area contributed by atoms with Crippen molar-refractivity contribution in [3.63, 3.8) is 0 Å². The van der Waals surface area contributed by atoms with Gasteiger partial charge in [-0.3, -0.25) is 9.69 Å². The van der Waals surface area contributed by atoms with Gasteiger partial charge in [-0.05, 0) is 42.5 Å². The summed E-state index contributed by atoms with van der Waals surface area (Å²) in [6.45, 7) is 2.49. The highest BCUT2D eigenvalue weighted by molar-refractivity contribution is 6.31. The fourth-order valence-electron chi connectivity index (χ4n) is 5.18. The van der Waals surface area contributed by atoms with E-state index >= 15 is 0 Å². The second-order valence-electron chi connectivity index (χ2n) is 9.18. The number of piperidine rings is 2. The number of carbonyl (C=O) groups excluding carboxylic acids is 1. The fraction of sp³-hybridized carbons (Fsp3) is 0.458. The largest absolute Gasteiger partial charge is 0.417 e. The van der Waals surface area contributed by atoms with Crippen molar-refractivity contribution in [2.75, 3.05) is 37.6 Å². The van der Waals surface area contributed by atoms with E-state index in [0.29, 0.717) is 50.7 Å². The van der Waals surface area contributed by atoms with Crippen LogP contribution in [-0.4, -0.2) is 70.5 Å². The highest BCUT2D eigenvalue weighted by Crippen LogP contribution is 2.37. The predicted octanol–water partition coefficient (Wildman–Crippen LogP) is 4.26. The first-order valence-corrected chi connectivity index (χ1v) is 11.9. The van der Waals surface area contributed by atoms with Crippen molar-refractivity contribution in [2.45, 2.75) is 37.5 Å². The molecule has 1 aromatic heterocycles. The summed E-state index contributed by atoms with van der Waals surface area (Å²) >= 11 is 5.73. The summed E-state index contributed by atoms with van der Waals surface area (Å²) in [5, 5.41) is -0.324. The molecule has 186 valence electrons. The first-order valence-electron chi connectivity index (χ1n) is 11.5. The number of fused-ring (bicyclic) bond motifs is 3. The number of nitrogens with zero attached hydrogens (tertiary/aromatic N) is 5. The number of hydrogen-bond acceptors (Lipinski definition) is 5. The molecule has 2 aromatic rings. The molecule has 11 heteroatoms. The third kappa shape index (κ3) is 4.99. The molecule has 0 aliphatic carbocycles. The van der Waals surface area contributed by atoms with Crippen LogP contribution in [0.3, 0.4) is 0 Å². The van der Waals surface area contributed by atoms with Gasteiger partial charge in [-0.25, -0.2) is 14.4 Å². The maximum atomic E-state index is 13.2. The second kappa shape index (κ2) is 9.39. The Bertz CT molecular complexity index is 1140. The van der Waals surface area contributed by atoms with Gasteiger partial charge in [-0.2, -0.15) is 13.2 Å². The Morgan fingerprint density at radius 3 is 2.49 bits per heavy atom. The molecule has 1 aromatic carbocycles. The number of benzene rings is 1. The first kappa shape index (κ1) is 24.0. The average Bonchev–Trinajstić information content (AvgIpc) is 2.84. The number of hydrogen-bond donors (Lipinski definition) is 0. The molecular formula is C24H24ClF4N5O. The zero-order valence-corrected chi connectivity index (χ0v) is 19.6. The van der Waals surface area contributed by atoms with Crippen LogP contribution in [-0.2, 0) is 11.0 Å². The van der Waals surface area contributed by atoms with Gasteiger partial charge in [0.05, 0.1) is 29.5 Å². The molecule has 2 bridgehead atoms. The molecule has 5 heterocycles. The van der Waals surface area contributed by atoms with E-state index in [2.05, 4.69) is 19.8 Å². The monoisotopic (exact) mass is 509 g/mol. The lowest BCUT2D eigenvalue weighted by atomic mass is 9.91. The lowest BCUT2D eigenvalue weighted by Crippen LogP contribution is -2.64. The molecule has 0 N–H and O–H groups in total. The number of piperazine rings is 1. The first-order chi connectivity index (χ1) is 16.7. The second-order valence-corrected chi connectivity index (χ2v) is 9.59. The smallest absolute Gasteiger partial charge is 0.338 e. The van der Waals surface area contributed by atoms with Gasteiger partial charge in [0.25, 0.3) is 0 Å². The van der Waals surface area contributed by atoms with Gasteiger partial charge < -0.3 is 9.80 Å². The Hall–Kier alpha value is -2.72. The van der Waals surface area contributed by atoms with E-state index in [0.717, 1.165) is 36.9 Å². The third-order valence-electron chi connectivity index (χ3n) is 7.05. The summed E-state index contributed by atoms with van der Waals surface area (Å²) in [6.07, 6.45) is 2.05. The molecule has 0 spiro atoms. The van der Waals surface area contributed by atoms with Crippen LogP contribution in [0, 0.1) is 5.82 Å². The van der Waals surface area contributed by atoms with Crippen LogP contribution in [0.15, 0.2) is 36.7 Å². The van der Waals surface area contributed by atoms with Crippen LogP contribution in [0.4, 0.5) is 23.5 Å². The van der Waals surface area contributed by atoms with Crippen LogP contribution >= 0.6 is 11.6 Å². The molecular weight excluding hydrogens is 486 g/mol. The molecule has 3 fully saturated rings. The molecule has 3 saturated heterocycles. The zero-order valence-electron chi connectivity index (χ0n) is 18.8. The molecule has 0 radical (unpaired) electrons. The SMILES string of the molecule is O=C(CN1CC2CCC1CN2c1ncc(F)cn1)N1CC=C(c2ccc(Cl)c(C(F)(F)F)c2)CC1. The lowest BCUT2D eigenvalue weighted by Gasteiger charge is -2.51. The molecule has 1 amide bonds. The quantitative estimate of drug-likeness (QED) is 0.577. The number of amides is 1. The Morgan fingerprint density at radius 2 is 1.86 bits per heavy atom. The molecule has 2 unspecified atom stereocenters. The third-order valence-corrected chi connectivity index (χ3v) is 7.38. The molecule has 0 saturated carbocycles. The van der Waals surface area contributed by atoms with Crippen molar-refractivity contribution >= 4 is 29.0 Å². The molecule has 6 rings (SSSR count). The highest BCUT2D eigenvalue weighted by atomic mass is 35.5. The Kier molecular flexibility index (Phi) is 6.43. The van der Waals surface area contributed by atoms with Gasteiger partial charge in [0.2, 0.25) is 11.9 Å². The topological polar surface area (TPSA) is 52.6 Å². The summed E-state index contributed by atoms with van der Waals surface area (Å²) in [7, 11) is 0. The van der Waals surface area contributed by atoms with Crippen molar-refractivity contribution in [3.05, 3.63) is 58.6 Å². The normalized spacial score (nSPS) is 22.9. The number of aromatic nitrogens is 2. The maximum Gasteiger partial charge on any atom is 0.417 e. The standard InChI is InChI=1S/C24H24ClF4N5O/c25-21-4-1-16(9-20(21)24(27,28)29)15-5-7-32(8-6-15)22(35)14-33-12-19-3-2-18(33)13-34(19)23-30-10-17(26)11-31-23/h1,4-5,9-11,18-19H,2-3,6-8,12-14H2. The van der Waals surface area contributed by atoms with Gasteiger partial charge in [-0.15, -0.1) is 0 Å². The van der Waals surface area contributed by atoms with Crippen molar-refractivity contribution in [1.29, 1.82) is 0 Å². The summed E-state index contributed by atoms with van der Waals surface area (Å²) < 4.78 is 52.8. The van der Waals surface area contributed by atoms with Gasteiger partial charge in [0.15, 0.2) is 5.82 Å². The highest BCUT2D eigenvalue weighted by Gasteiger charge is 2.41. The van der Waals surface area contributed by atoms with E-state index in [4.69, 9.17) is 11.6 Å². The van der Waals surface area contributed by atoms with Gasteiger partial charge >= 0.3 is 6.18 Å². The van der Waals surface area contributed by atoms with Crippen molar-refractivity contribution in [3.8, 4) is 0 Å². The predicted molar refractivity (Wildman–Crippen MR) is 123 cm³/mol. The molecule has 6 nitrogen and oxygen atoms in total. The fourth-order valence-corrected chi connectivity index (χ4v) is 5.41. The van der Waals surface area contributed by atoms with E-state index in [-0.39, 0.29) is 23.0 Å². The van der Waals surface area contributed by atoms with Crippen LogP contribution < -0.4 is 4.90 Å². The van der Waals surface area contributed by atoms with Crippen molar-refractivity contribution in [1.82, 2.24) is 19.8 Å². The van der Waals surface area contributed by atoms with Crippen LogP contribution in [0.25, 0.3) is 5.57 Å². The zero-order chi connectivity index (χ0) is 24.7. The van der Waals surface area contributed by atoms with E-state index in [1.807, 2.05) is 6.08 Å². The summed E-state index contributed by atoms with van der Waals surface area (Å²) in [5.41, 5.74) is 0.407. The Labute approximate surface area is 205 Å². The average molecular weight is 510 g/mol. The summed E-state index contributed by atoms with van der Waals surface area (Å²) in [6, 6.07) is 4.28. The lowest BCUT2D eigenvalue weighted by molar-refractivity contribution is -0.137. The van der Waals surface area contributed by atoms with E-state index < -0.39 is 17.6 Å². The minimum atomic E-state index is -4.52. The number of alkyl halides is 3. The Morgan fingerprint density at radius 1 is 1.11 bits per heavy atom. The molecule has 4 aliphatic heterocycles.